The van der Waals surface area contributed by atoms with Gasteiger partial charge in [0.1, 0.15) is 5.76 Å². The molecule has 94 valence electrons. The smallest absolute Gasteiger partial charge is 0.185 e. The molecule has 0 amide bonds. The van der Waals surface area contributed by atoms with E-state index >= 15 is 0 Å². The highest BCUT2D eigenvalue weighted by Crippen LogP contribution is 2.33. The van der Waals surface area contributed by atoms with E-state index in [9.17, 15) is 9.18 Å². The molecular weight excluding hydrogens is 235 g/mol. The molecule has 2 rings (SSSR count). The Balaban J connectivity index is 2.49. The predicted octanol–water partition coefficient (Wildman–Crippen LogP) is 3.69. The van der Waals surface area contributed by atoms with Crippen LogP contribution in [0.1, 0.15) is 24.4 Å². The van der Waals surface area contributed by atoms with Gasteiger partial charge in [0.2, 0.25) is 0 Å². The van der Waals surface area contributed by atoms with Crippen molar-refractivity contribution >= 4 is 6.29 Å². The van der Waals surface area contributed by atoms with Gasteiger partial charge in [-0.05, 0) is 38.1 Å². The molecule has 0 spiro atoms. The first kappa shape index (κ1) is 12.4. The number of hydrogen-bond donors (Lipinski definition) is 0. The van der Waals surface area contributed by atoms with Gasteiger partial charge in [-0.3, -0.25) is 4.79 Å². The highest BCUT2D eigenvalue weighted by molar-refractivity contribution is 5.74. The molecule has 0 unspecified atom stereocenters. The summed E-state index contributed by atoms with van der Waals surface area (Å²) in [4.78, 5) is 10.6. The lowest BCUT2D eigenvalue weighted by molar-refractivity contribution is 0.110. The molecule has 1 heterocycles. The summed E-state index contributed by atoms with van der Waals surface area (Å²) < 4.78 is 24.5. The lowest BCUT2D eigenvalue weighted by Crippen LogP contribution is -2.07. The minimum absolute atomic E-state index is 0.138. The van der Waals surface area contributed by atoms with Crippen molar-refractivity contribution in [2.75, 3.05) is 0 Å². The number of ether oxygens (including phenoxy) is 1. The Bertz CT molecular complexity index is 558. The molecule has 0 atom stereocenters. The zero-order valence-electron chi connectivity index (χ0n) is 10.1. The SMILES string of the molecule is CC(C)Oc1c(F)cccc1-c1ccc(C=O)o1. The largest absolute Gasteiger partial charge is 0.487 e. The monoisotopic (exact) mass is 248 g/mol. The van der Waals surface area contributed by atoms with Gasteiger partial charge in [-0.25, -0.2) is 4.39 Å². The normalized spacial score (nSPS) is 10.7. The summed E-state index contributed by atoms with van der Waals surface area (Å²) in [6.07, 6.45) is 0.451. The van der Waals surface area contributed by atoms with Crippen LogP contribution in [0.4, 0.5) is 4.39 Å². The Hall–Kier alpha value is -2.10. The first-order valence-electron chi connectivity index (χ1n) is 5.62. The summed E-state index contributed by atoms with van der Waals surface area (Å²) in [5.41, 5.74) is 0.497. The molecule has 1 aromatic carbocycles. The first-order valence-corrected chi connectivity index (χ1v) is 5.62. The molecule has 2 aromatic rings. The minimum atomic E-state index is -0.453. The number of halogens is 1. The van der Waals surface area contributed by atoms with Crippen LogP contribution in [0.15, 0.2) is 34.7 Å². The van der Waals surface area contributed by atoms with Crippen molar-refractivity contribution in [3.8, 4) is 17.1 Å². The summed E-state index contributed by atoms with van der Waals surface area (Å²) in [5, 5.41) is 0. The van der Waals surface area contributed by atoms with E-state index in [-0.39, 0.29) is 17.6 Å². The molecular formula is C14H13FO3. The summed E-state index contributed by atoms with van der Waals surface area (Å²) in [5.74, 6) is 0.293. The Labute approximate surface area is 104 Å². The molecule has 4 heteroatoms. The van der Waals surface area contributed by atoms with Gasteiger partial charge in [-0.15, -0.1) is 0 Å². The molecule has 0 N–H and O–H groups in total. The molecule has 18 heavy (non-hydrogen) atoms. The maximum Gasteiger partial charge on any atom is 0.185 e. The number of rotatable bonds is 4. The topological polar surface area (TPSA) is 39.4 Å². The van der Waals surface area contributed by atoms with E-state index < -0.39 is 5.82 Å². The number of aldehydes is 1. The lowest BCUT2D eigenvalue weighted by atomic mass is 10.1. The van der Waals surface area contributed by atoms with Crippen molar-refractivity contribution in [3.63, 3.8) is 0 Å². The van der Waals surface area contributed by atoms with Gasteiger partial charge in [0.25, 0.3) is 0 Å². The van der Waals surface area contributed by atoms with Crippen LogP contribution in [0.25, 0.3) is 11.3 Å². The number of benzene rings is 1. The summed E-state index contributed by atoms with van der Waals surface area (Å²) >= 11 is 0. The number of carbonyl (C=O) groups is 1. The van der Waals surface area contributed by atoms with Crippen LogP contribution in [0.5, 0.6) is 5.75 Å². The summed E-state index contributed by atoms with van der Waals surface area (Å²) in [6, 6.07) is 7.73. The van der Waals surface area contributed by atoms with E-state index in [0.29, 0.717) is 17.6 Å². The highest BCUT2D eigenvalue weighted by Gasteiger charge is 2.15. The Kier molecular flexibility index (Phi) is 3.46. The second-order valence-corrected chi connectivity index (χ2v) is 4.10. The van der Waals surface area contributed by atoms with Crippen LogP contribution in [0.2, 0.25) is 0 Å². The molecule has 0 aliphatic carbocycles. The maximum absolute atomic E-state index is 13.7. The van der Waals surface area contributed by atoms with E-state index in [2.05, 4.69) is 0 Å². The fourth-order valence-corrected chi connectivity index (χ4v) is 1.62. The summed E-state index contributed by atoms with van der Waals surface area (Å²) in [6.45, 7) is 3.63. The van der Waals surface area contributed by atoms with Crippen molar-refractivity contribution in [1.29, 1.82) is 0 Å². The zero-order chi connectivity index (χ0) is 13.1. The van der Waals surface area contributed by atoms with E-state index in [4.69, 9.17) is 9.15 Å². The van der Waals surface area contributed by atoms with E-state index in [1.807, 2.05) is 13.8 Å². The molecule has 0 aliphatic heterocycles. The number of furan rings is 1. The third-order valence-corrected chi connectivity index (χ3v) is 2.33. The second kappa shape index (κ2) is 5.04. The highest BCUT2D eigenvalue weighted by atomic mass is 19.1. The van der Waals surface area contributed by atoms with Crippen molar-refractivity contribution in [2.24, 2.45) is 0 Å². The van der Waals surface area contributed by atoms with Crippen LogP contribution < -0.4 is 4.74 Å². The molecule has 0 fully saturated rings. The van der Waals surface area contributed by atoms with Crippen LogP contribution in [0.3, 0.4) is 0 Å². The molecule has 0 saturated heterocycles. The molecule has 0 radical (unpaired) electrons. The van der Waals surface area contributed by atoms with E-state index in [1.165, 1.54) is 12.1 Å². The zero-order valence-corrected chi connectivity index (χ0v) is 10.1. The van der Waals surface area contributed by atoms with Crippen LogP contribution in [-0.4, -0.2) is 12.4 Å². The molecule has 0 bridgehead atoms. The van der Waals surface area contributed by atoms with E-state index in [0.717, 1.165) is 0 Å². The van der Waals surface area contributed by atoms with E-state index in [1.54, 1.807) is 18.2 Å². The number of carbonyl (C=O) groups excluding carboxylic acids is 1. The van der Waals surface area contributed by atoms with Gasteiger partial charge < -0.3 is 9.15 Å². The fourth-order valence-electron chi connectivity index (χ4n) is 1.62. The quantitative estimate of drug-likeness (QED) is 0.775. The second-order valence-electron chi connectivity index (χ2n) is 4.10. The number of hydrogen-bond acceptors (Lipinski definition) is 3. The first-order chi connectivity index (χ1) is 8.61. The van der Waals surface area contributed by atoms with Crippen molar-refractivity contribution in [2.45, 2.75) is 20.0 Å². The molecule has 0 aliphatic rings. The maximum atomic E-state index is 13.7. The van der Waals surface area contributed by atoms with Crippen molar-refractivity contribution < 1.29 is 18.3 Å². The van der Waals surface area contributed by atoms with Gasteiger partial charge in [0, 0.05) is 0 Å². The van der Waals surface area contributed by atoms with Crippen molar-refractivity contribution in [1.82, 2.24) is 0 Å². The van der Waals surface area contributed by atoms with Gasteiger partial charge in [-0.1, -0.05) is 6.07 Å². The third-order valence-electron chi connectivity index (χ3n) is 2.33. The fraction of sp³-hybridized carbons (Fsp3) is 0.214. The Morgan fingerprint density at radius 2 is 2.06 bits per heavy atom. The Morgan fingerprint density at radius 1 is 1.28 bits per heavy atom. The van der Waals surface area contributed by atoms with Gasteiger partial charge in [-0.2, -0.15) is 0 Å². The Morgan fingerprint density at radius 3 is 2.67 bits per heavy atom. The van der Waals surface area contributed by atoms with Crippen LogP contribution >= 0.6 is 0 Å². The third kappa shape index (κ3) is 2.42. The number of para-hydroxylation sites is 1. The average Bonchev–Trinajstić information content (AvgIpc) is 2.80. The van der Waals surface area contributed by atoms with Gasteiger partial charge in [0.15, 0.2) is 23.6 Å². The lowest BCUT2D eigenvalue weighted by Gasteiger charge is -2.13. The minimum Gasteiger partial charge on any atom is -0.487 e. The molecule has 1 aromatic heterocycles. The van der Waals surface area contributed by atoms with Crippen LogP contribution in [-0.2, 0) is 0 Å². The van der Waals surface area contributed by atoms with Gasteiger partial charge >= 0.3 is 0 Å². The summed E-state index contributed by atoms with van der Waals surface area (Å²) in [7, 11) is 0. The van der Waals surface area contributed by atoms with Crippen molar-refractivity contribution in [3.05, 3.63) is 41.9 Å². The van der Waals surface area contributed by atoms with Gasteiger partial charge in [0.05, 0.1) is 11.7 Å². The van der Waals surface area contributed by atoms with Crippen LogP contribution in [0, 0.1) is 5.82 Å². The standard InChI is InChI=1S/C14H13FO3/c1-9(2)17-14-11(4-3-5-12(14)15)13-7-6-10(8-16)18-13/h3-9H,1-2H3. The average molecular weight is 248 g/mol. The molecule has 3 nitrogen and oxygen atoms in total. The predicted molar refractivity (Wildman–Crippen MR) is 65.3 cm³/mol. The molecule has 0 saturated carbocycles.